The minimum atomic E-state index is -0.0334. The highest BCUT2D eigenvalue weighted by molar-refractivity contribution is 5.83. The summed E-state index contributed by atoms with van der Waals surface area (Å²) in [5.74, 6) is 0.741. The Kier molecular flexibility index (Phi) is 2.07. The summed E-state index contributed by atoms with van der Waals surface area (Å²) >= 11 is 0. The zero-order valence-corrected chi connectivity index (χ0v) is 9.37. The Balaban J connectivity index is 3.03. The Morgan fingerprint density at radius 1 is 1.20 bits per heavy atom. The molecule has 1 heterocycles. The third kappa shape index (κ3) is 1.25. The van der Waals surface area contributed by atoms with Crippen LogP contribution in [0.15, 0.2) is 16.9 Å². The SMILES string of the molecule is COc1cc(C)cc2c1n(C)c(=O)n2C. The summed E-state index contributed by atoms with van der Waals surface area (Å²) in [6.45, 7) is 1.99. The van der Waals surface area contributed by atoms with E-state index in [1.165, 1.54) is 0 Å². The van der Waals surface area contributed by atoms with Crippen molar-refractivity contribution in [3.63, 3.8) is 0 Å². The molecule has 0 aliphatic carbocycles. The number of fused-ring (bicyclic) bond motifs is 1. The zero-order chi connectivity index (χ0) is 11.2. The van der Waals surface area contributed by atoms with Gasteiger partial charge in [0.05, 0.1) is 12.6 Å². The molecule has 2 rings (SSSR count). The standard InChI is InChI=1S/C11H14N2O2/c1-7-5-8-10(9(6-7)15-4)13(3)11(14)12(8)2/h5-6H,1-4H3. The lowest BCUT2D eigenvalue weighted by molar-refractivity contribution is 0.417. The Bertz CT molecular complexity index is 578. The van der Waals surface area contributed by atoms with E-state index in [0.29, 0.717) is 0 Å². The summed E-state index contributed by atoms with van der Waals surface area (Å²) in [7, 11) is 5.14. The first-order chi connectivity index (χ1) is 7.06. The molecule has 2 aromatic rings. The van der Waals surface area contributed by atoms with Crippen molar-refractivity contribution < 1.29 is 4.74 Å². The molecule has 1 aromatic carbocycles. The molecule has 0 amide bonds. The van der Waals surface area contributed by atoms with Crippen LogP contribution in [0.25, 0.3) is 11.0 Å². The van der Waals surface area contributed by atoms with Crippen molar-refractivity contribution in [3.05, 3.63) is 28.2 Å². The van der Waals surface area contributed by atoms with Gasteiger partial charge in [0.2, 0.25) is 0 Å². The van der Waals surface area contributed by atoms with Gasteiger partial charge in [-0.2, -0.15) is 0 Å². The number of hydrogen-bond donors (Lipinski definition) is 0. The Labute approximate surface area is 87.7 Å². The highest BCUT2D eigenvalue weighted by Gasteiger charge is 2.12. The summed E-state index contributed by atoms with van der Waals surface area (Å²) in [6.07, 6.45) is 0. The molecule has 80 valence electrons. The molecule has 0 atom stereocenters. The van der Waals surface area contributed by atoms with Crippen LogP contribution in [0, 0.1) is 6.92 Å². The van der Waals surface area contributed by atoms with Crippen LogP contribution in [-0.2, 0) is 14.1 Å². The lowest BCUT2D eigenvalue weighted by atomic mass is 10.2. The Hall–Kier alpha value is -1.71. The summed E-state index contributed by atoms with van der Waals surface area (Å²) in [5, 5.41) is 0. The van der Waals surface area contributed by atoms with Crippen LogP contribution in [0.4, 0.5) is 0 Å². The fourth-order valence-corrected chi connectivity index (χ4v) is 1.90. The van der Waals surface area contributed by atoms with Crippen molar-refractivity contribution in [1.29, 1.82) is 0 Å². The molecule has 4 nitrogen and oxygen atoms in total. The van der Waals surface area contributed by atoms with Crippen LogP contribution in [0.1, 0.15) is 5.56 Å². The zero-order valence-electron chi connectivity index (χ0n) is 9.37. The van der Waals surface area contributed by atoms with Gasteiger partial charge in [0.1, 0.15) is 11.3 Å². The summed E-state index contributed by atoms with van der Waals surface area (Å²) in [6, 6.07) is 3.92. The molecule has 0 saturated heterocycles. The first-order valence-corrected chi connectivity index (χ1v) is 4.76. The minimum Gasteiger partial charge on any atom is -0.494 e. The van der Waals surface area contributed by atoms with Gasteiger partial charge in [0.25, 0.3) is 0 Å². The fraction of sp³-hybridized carbons (Fsp3) is 0.364. The highest BCUT2D eigenvalue weighted by atomic mass is 16.5. The van der Waals surface area contributed by atoms with Gasteiger partial charge in [0.15, 0.2) is 0 Å². The smallest absolute Gasteiger partial charge is 0.328 e. The number of ether oxygens (including phenoxy) is 1. The Morgan fingerprint density at radius 3 is 2.47 bits per heavy atom. The van der Waals surface area contributed by atoms with Crippen molar-refractivity contribution in [3.8, 4) is 5.75 Å². The van der Waals surface area contributed by atoms with E-state index in [-0.39, 0.29) is 5.69 Å². The molecule has 0 N–H and O–H groups in total. The maximum Gasteiger partial charge on any atom is 0.328 e. The number of aryl methyl sites for hydroxylation is 3. The van der Waals surface area contributed by atoms with Crippen LogP contribution in [0.3, 0.4) is 0 Å². The van der Waals surface area contributed by atoms with Crippen LogP contribution >= 0.6 is 0 Å². The summed E-state index contributed by atoms with van der Waals surface area (Å²) in [4.78, 5) is 11.7. The third-order valence-corrected chi connectivity index (χ3v) is 2.69. The van der Waals surface area contributed by atoms with Crippen molar-refractivity contribution in [1.82, 2.24) is 9.13 Å². The van der Waals surface area contributed by atoms with E-state index in [1.54, 1.807) is 30.3 Å². The maximum absolute atomic E-state index is 11.7. The molecule has 0 bridgehead atoms. The van der Waals surface area contributed by atoms with Gasteiger partial charge in [-0.3, -0.25) is 9.13 Å². The van der Waals surface area contributed by atoms with E-state index in [0.717, 1.165) is 22.3 Å². The third-order valence-electron chi connectivity index (χ3n) is 2.69. The maximum atomic E-state index is 11.7. The number of nitrogens with zero attached hydrogens (tertiary/aromatic N) is 2. The van der Waals surface area contributed by atoms with Gasteiger partial charge in [0, 0.05) is 14.1 Å². The molecule has 0 saturated carbocycles. The summed E-state index contributed by atoms with van der Waals surface area (Å²) < 4.78 is 8.52. The average molecular weight is 206 g/mol. The van der Waals surface area contributed by atoms with Gasteiger partial charge in [-0.1, -0.05) is 0 Å². The molecule has 0 radical (unpaired) electrons. The quantitative estimate of drug-likeness (QED) is 0.702. The summed E-state index contributed by atoms with van der Waals surface area (Å²) in [5.41, 5.74) is 2.80. The number of imidazole rings is 1. The van der Waals surface area contributed by atoms with Crippen LogP contribution in [-0.4, -0.2) is 16.2 Å². The van der Waals surface area contributed by atoms with Crippen LogP contribution < -0.4 is 10.4 Å². The largest absolute Gasteiger partial charge is 0.494 e. The molecule has 4 heteroatoms. The molecule has 0 fully saturated rings. The van der Waals surface area contributed by atoms with Gasteiger partial charge in [-0.15, -0.1) is 0 Å². The number of aromatic nitrogens is 2. The van der Waals surface area contributed by atoms with Gasteiger partial charge in [-0.05, 0) is 24.6 Å². The van der Waals surface area contributed by atoms with E-state index in [1.807, 2.05) is 19.1 Å². The predicted molar refractivity (Wildman–Crippen MR) is 59.4 cm³/mol. The Morgan fingerprint density at radius 2 is 1.87 bits per heavy atom. The van der Waals surface area contributed by atoms with Crippen molar-refractivity contribution in [2.24, 2.45) is 14.1 Å². The number of hydrogen-bond acceptors (Lipinski definition) is 2. The molecule has 1 aromatic heterocycles. The van der Waals surface area contributed by atoms with E-state index in [2.05, 4.69) is 0 Å². The molecule has 15 heavy (non-hydrogen) atoms. The molecular formula is C11H14N2O2. The normalized spacial score (nSPS) is 10.9. The molecule has 0 spiro atoms. The second-order valence-corrected chi connectivity index (χ2v) is 3.74. The average Bonchev–Trinajstić information content (AvgIpc) is 2.43. The van der Waals surface area contributed by atoms with Gasteiger partial charge in [-0.25, -0.2) is 4.79 Å². The van der Waals surface area contributed by atoms with E-state index < -0.39 is 0 Å². The monoisotopic (exact) mass is 206 g/mol. The lowest BCUT2D eigenvalue weighted by Crippen LogP contribution is -2.19. The minimum absolute atomic E-state index is 0.0334. The molecule has 0 unspecified atom stereocenters. The van der Waals surface area contributed by atoms with E-state index in [4.69, 9.17) is 4.74 Å². The number of benzene rings is 1. The topological polar surface area (TPSA) is 36.2 Å². The van der Waals surface area contributed by atoms with Crippen molar-refractivity contribution in [2.45, 2.75) is 6.92 Å². The lowest BCUT2D eigenvalue weighted by Gasteiger charge is -2.05. The second-order valence-electron chi connectivity index (χ2n) is 3.74. The van der Waals surface area contributed by atoms with Crippen LogP contribution in [0.5, 0.6) is 5.75 Å². The highest BCUT2D eigenvalue weighted by Crippen LogP contribution is 2.25. The molecule has 0 aliphatic heterocycles. The van der Waals surface area contributed by atoms with E-state index in [9.17, 15) is 4.79 Å². The van der Waals surface area contributed by atoms with E-state index >= 15 is 0 Å². The van der Waals surface area contributed by atoms with Crippen molar-refractivity contribution in [2.75, 3.05) is 7.11 Å². The molecule has 0 aliphatic rings. The predicted octanol–water partition coefficient (Wildman–Crippen LogP) is 1.19. The first kappa shape index (κ1) is 9.83. The first-order valence-electron chi connectivity index (χ1n) is 4.76. The van der Waals surface area contributed by atoms with Crippen molar-refractivity contribution >= 4 is 11.0 Å². The molecular weight excluding hydrogens is 192 g/mol. The van der Waals surface area contributed by atoms with Gasteiger partial charge < -0.3 is 4.74 Å². The second kappa shape index (κ2) is 3.15. The fourth-order valence-electron chi connectivity index (χ4n) is 1.90. The van der Waals surface area contributed by atoms with Crippen LogP contribution in [0.2, 0.25) is 0 Å². The number of methoxy groups -OCH3 is 1. The number of rotatable bonds is 1. The van der Waals surface area contributed by atoms with Gasteiger partial charge >= 0.3 is 5.69 Å².